The average molecular weight is 291 g/mol. The van der Waals surface area contributed by atoms with E-state index in [0.29, 0.717) is 5.56 Å². The number of hydrogen-bond acceptors (Lipinski definition) is 3. The summed E-state index contributed by atoms with van der Waals surface area (Å²) in [5.74, 6) is -0.180. The van der Waals surface area contributed by atoms with Crippen LogP contribution in [-0.2, 0) is 0 Å². The van der Waals surface area contributed by atoms with Gasteiger partial charge in [-0.15, -0.1) is 0 Å². The van der Waals surface area contributed by atoms with Crippen molar-refractivity contribution in [3.05, 3.63) is 29.6 Å². The number of piperazine rings is 1. The molecule has 1 saturated heterocycles. The number of halogens is 1. The third-order valence-corrected chi connectivity index (χ3v) is 4.98. The van der Waals surface area contributed by atoms with Crippen LogP contribution in [0.4, 0.5) is 10.1 Å². The minimum Gasteiger partial charge on any atom is -0.369 e. The van der Waals surface area contributed by atoms with E-state index in [0.717, 1.165) is 37.9 Å². The molecule has 21 heavy (non-hydrogen) atoms. The van der Waals surface area contributed by atoms with Crippen LogP contribution in [0.5, 0.6) is 0 Å². The van der Waals surface area contributed by atoms with Crippen molar-refractivity contribution in [2.45, 2.75) is 44.7 Å². The van der Waals surface area contributed by atoms with E-state index in [1.807, 2.05) is 13.0 Å². The third kappa shape index (κ3) is 3.06. The van der Waals surface area contributed by atoms with Gasteiger partial charge in [-0.05, 0) is 31.9 Å². The van der Waals surface area contributed by atoms with Crippen molar-refractivity contribution >= 4 is 5.69 Å². The Bertz CT molecular complexity index is 475. The molecule has 0 aromatic heterocycles. The zero-order valence-corrected chi connectivity index (χ0v) is 12.9. The second-order valence-corrected chi connectivity index (χ2v) is 6.42. The fourth-order valence-electron chi connectivity index (χ4n) is 3.85. The molecule has 3 nitrogen and oxygen atoms in total. The summed E-state index contributed by atoms with van der Waals surface area (Å²) in [4.78, 5) is 4.92. The maximum atomic E-state index is 14.1. The Morgan fingerprint density at radius 1 is 1.14 bits per heavy atom. The molecule has 4 heteroatoms. The summed E-state index contributed by atoms with van der Waals surface area (Å²) in [6.07, 6.45) is 5.46. The molecule has 1 aromatic rings. The molecular formula is C17H26FN3. The molecule has 1 heterocycles. The predicted octanol–water partition coefficient (Wildman–Crippen LogP) is 2.91. The second-order valence-electron chi connectivity index (χ2n) is 6.42. The van der Waals surface area contributed by atoms with E-state index < -0.39 is 0 Å². The molecule has 2 fully saturated rings. The van der Waals surface area contributed by atoms with Gasteiger partial charge in [-0.2, -0.15) is 0 Å². The third-order valence-electron chi connectivity index (χ3n) is 4.98. The van der Waals surface area contributed by atoms with E-state index in [9.17, 15) is 4.39 Å². The Morgan fingerprint density at radius 2 is 1.81 bits per heavy atom. The van der Waals surface area contributed by atoms with Crippen LogP contribution in [0.1, 0.15) is 44.2 Å². The van der Waals surface area contributed by atoms with Crippen LogP contribution < -0.4 is 10.6 Å². The summed E-state index contributed by atoms with van der Waals surface area (Å²) in [5.41, 5.74) is 7.61. The maximum absolute atomic E-state index is 14.1. The second kappa shape index (κ2) is 6.32. The van der Waals surface area contributed by atoms with Crippen LogP contribution in [0.2, 0.25) is 0 Å². The Labute approximate surface area is 126 Å². The fraction of sp³-hybridized carbons (Fsp3) is 0.647. The van der Waals surface area contributed by atoms with Crippen molar-refractivity contribution in [1.29, 1.82) is 0 Å². The molecule has 3 rings (SSSR count). The molecule has 0 spiro atoms. The van der Waals surface area contributed by atoms with Gasteiger partial charge < -0.3 is 10.6 Å². The van der Waals surface area contributed by atoms with Crippen molar-refractivity contribution in [3.63, 3.8) is 0 Å². The first kappa shape index (κ1) is 14.8. The summed E-state index contributed by atoms with van der Waals surface area (Å²) in [6.45, 7) is 5.97. The van der Waals surface area contributed by atoms with Gasteiger partial charge in [0.1, 0.15) is 5.82 Å². The Balaban J connectivity index is 1.70. The van der Waals surface area contributed by atoms with E-state index in [4.69, 9.17) is 5.73 Å². The van der Waals surface area contributed by atoms with Crippen molar-refractivity contribution in [3.8, 4) is 0 Å². The number of benzene rings is 1. The van der Waals surface area contributed by atoms with Crippen LogP contribution >= 0.6 is 0 Å². The summed E-state index contributed by atoms with van der Waals surface area (Å²) in [5, 5.41) is 0. The summed E-state index contributed by atoms with van der Waals surface area (Å²) < 4.78 is 14.1. The van der Waals surface area contributed by atoms with Crippen LogP contribution in [-0.4, -0.2) is 37.1 Å². The van der Waals surface area contributed by atoms with E-state index >= 15 is 0 Å². The highest BCUT2D eigenvalue weighted by atomic mass is 19.1. The minimum atomic E-state index is -0.269. The number of nitrogens with two attached hydrogens (primary N) is 1. The zero-order chi connectivity index (χ0) is 14.8. The number of nitrogens with zero attached hydrogens (tertiary/aromatic N) is 2. The van der Waals surface area contributed by atoms with Crippen LogP contribution in [0.25, 0.3) is 0 Å². The highest BCUT2D eigenvalue weighted by Crippen LogP contribution is 2.30. The highest BCUT2D eigenvalue weighted by molar-refractivity contribution is 5.55. The maximum Gasteiger partial charge on any atom is 0.130 e. The molecule has 0 bridgehead atoms. The summed E-state index contributed by atoms with van der Waals surface area (Å²) >= 11 is 0. The number of rotatable bonds is 3. The topological polar surface area (TPSA) is 32.5 Å². The molecular weight excluding hydrogens is 265 g/mol. The molecule has 1 aliphatic carbocycles. The van der Waals surface area contributed by atoms with Crippen molar-refractivity contribution in [2.24, 2.45) is 5.73 Å². The predicted molar refractivity (Wildman–Crippen MR) is 85.0 cm³/mol. The lowest BCUT2D eigenvalue weighted by molar-refractivity contribution is 0.187. The number of anilines is 1. The first-order chi connectivity index (χ1) is 10.2. The highest BCUT2D eigenvalue weighted by Gasteiger charge is 2.27. The lowest BCUT2D eigenvalue weighted by Gasteiger charge is -2.40. The Morgan fingerprint density at radius 3 is 2.43 bits per heavy atom. The minimum absolute atomic E-state index is 0.180. The van der Waals surface area contributed by atoms with Gasteiger partial charge in [0.2, 0.25) is 0 Å². The van der Waals surface area contributed by atoms with Gasteiger partial charge in [0.25, 0.3) is 0 Å². The zero-order valence-electron chi connectivity index (χ0n) is 12.9. The molecule has 116 valence electrons. The van der Waals surface area contributed by atoms with Crippen LogP contribution in [0, 0.1) is 5.82 Å². The van der Waals surface area contributed by atoms with Crippen molar-refractivity contribution < 1.29 is 4.39 Å². The first-order valence-electron chi connectivity index (χ1n) is 8.20. The van der Waals surface area contributed by atoms with Gasteiger partial charge in [0.15, 0.2) is 0 Å². The van der Waals surface area contributed by atoms with Crippen molar-refractivity contribution in [2.75, 3.05) is 31.1 Å². The fourth-order valence-corrected chi connectivity index (χ4v) is 3.85. The molecule has 1 aromatic carbocycles. The number of hydrogen-bond donors (Lipinski definition) is 1. The van der Waals surface area contributed by atoms with Gasteiger partial charge in [-0.25, -0.2) is 4.39 Å². The van der Waals surface area contributed by atoms with E-state index in [1.54, 1.807) is 6.07 Å². The van der Waals surface area contributed by atoms with Gasteiger partial charge in [-0.3, -0.25) is 4.90 Å². The lowest BCUT2D eigenvalue weighted by atomic mass is 10.0. The van der Waals surface area contributed by atoms with E-state index in [1.165, 1.54) is 31.7 Å². The standard InChI is InChI=1S/C17H26FN3/c1-13(19)17-15(18)7-4-8-16(17)21-11-9-20(10-12-21)14-5-2-3-6-14/h4,7-8,13-14H,2-3,5-6,9-12,19H2,1H3/t13-/m0/s1. The molecule has 0 radical (unpaired) electrons. The largest absolute Gasteiger partial charge is 0.369 e. The van der Waals surface area contributed by atoms with Gasteiger partial charge >= 0.3 is 0 Å². The molecule has 1 aliphatic heterocycles. The molecule has 1 saturated carbocycles. The lowest BCUT2D eigenvalue weighted by Crippen LogP contribution is -2.50. The molecule has 2 N–H and O–H groups in total. The average Bonchev–Trinajstić information content (AvgIpc) is 3.01. The normalized spacial score (nSPS) is 22.7. The molecule has 2 aliphatic rings. The molecule has 0 unspecified atom stereocenters. The van der Waals surface area contributed by atoms with Crippen molar-refractivity contribution in [1.82, 2.24) is 4.90 Å². The van der Waals surface area contributed by atoms with Gasteiger partial charge in [0, 0.05) is 49.5 Å². The molecule has 1 atom stereocenters. The van der Waals surface area contributed by atoms with Gasteiger partial charge in [-0.1, -0.05) is 18.9 Å². The van der Waals surface area contributed by atoms with Gasteiger partial charge in [0.05, 0.1) is 0 Å². The first-order valence-corrected chi connectivity index (χ1v) is 8.20. The molecule has 0 amide bonds. The van der Waals surface area contributed by atoms with Crippen LogP contribution in [0.15, 0.2) is 18.2 Å². The Kier molecular flexibility index (Phi) is 4.45. The quantitative estimate of drug-likeness (QED) is 0.929. The van der Waals surface area contributed by atoms with E-state index in [2.05, 4.69) is 9.80 Å². The SMILES string of the molecule is C[C@H](N)c1c(F)cccc1N1CCN(C2CCCC2)CC1. The monoisotopic (exact) mass is 291 g/mol. The van der Waals surface area contributed by atoms with E-state index in [-0.39, 0.29) is 11.9 Å². The smallest absolute Gasteiger partial charge is 0.130 e. The Hall–Kier alpha value is -1.13. The summed E-state index contributed by atoms with van der Waals surface area (Å²) in [7, 11) is 0. The van der Waals surface area contributed by atoms with Crippen LogP contribution in [0.3, 0.4) is 0 Å². The summed E-state index contributed by atoms with van der Waals surface area (Å²) in [6, 6.07) is 5.82.